The average molecular weight is 304 g/mol. The van der Waals surface area contributed by atoms with E-state index in [1.54, 1.807) is 0 Å². The molecule has 112 valence electrons. The molecule has 0 fully saturated rings. The molecule has 0 bridgehead atoms. The smallest absolute Gasteiger partial charge is 0.416 e. The van der Waals surface area contributed by atoms with Gasteiger partial charge in [0.2, 0.25) is 0 Å². The van der Waals surface area contributed by atoms with Crippen molar-refractivity contribution in [2.45, 2.75) is 26.1 Å². The highest BCUT2D eigenvalue weighted by Gasteiger charge is 2.37. The summed E-state index contributed by atoms with van der Waals surface area (Å²) in [6, 6.07) is 0.192. The summed E-state index contributed by atoms with van der Waals surface area (Å²) < 4.78 is 91.0. The number of benzene rings is 1. The Morgan fingerprint density at radius 3 is 2.05 bits per heavy atom. The number of carbonyl (C=O) groups excluding carboxylic acids is 1. The lowest BCUT2D eigenvalue weighted by Gasteiger charge is -2.16. The van der Waals surface area contributed by atoms with Gasteiger partial charge in [-0.1, -0.05) is 0 Å². The van der Waals surface area contributed by atoms with Crippen molar-refractivity contribution < 1.29 is 40.3 Å². The molecule has 1 aromatic rings. The van der Waals surface area contributed by atoms with Crippen molar-refractivity contribution in [3.8, 4) is 5.75 Å². The SMILES string of the molecule is CC(=O)c1cc(C(F)(F)F)c(C(F)F)cc1OC(F)F. The van der Waals surface area contributed by atoms with Crippen LogP contribution in [-0.4, -0.2) is 12.4 Å². The van der Waals surface area contributed by atoms with Gasteiger partial charge in [-0.15, -0.1) is 0 Å². The van der Waals surface area contributed by atoms with Crippen molar-refractivity contribution in [3.05, 3.63) is 28.8 Å². The lowest BCUT2D eigenvalue weighted by molar-refractivity contribution is -0.139. The minimum absolute atomic E-state index is 0.0849. The second-order valence-corrected chi connectivity index (χ2v) is 3.67. The van der Waals surface area contributed by atoms with Crippen LogP contribution in [0.1, 0.15) is 34.8 Å². The standard InChI is InChI=1S/C11H7F7O2/c1-4(19)5-2-7(11(16,17)18)6(9(12)13)3-8(5)20-10(14)15/h2-3,9-10H,1H3. The highest BCUT2D eigenvalue weighted by molar-refractivity contribution is 5.97. The Hall–Kier alpha value is -1.80. The lowest BCUT2D eigenvalue weighted by Crippen LogP contribution is -2.14. The van der Waals surface area contributed by atoms with E-state index >= 15 is 0 Å². The fourth-order valence-electron chi connectivity index (χ4n) is 1.49. The molecule has 9 heteroatoms. The summed E-state index contributed by atoms with van der Waals surface area (Å²) in [5, 5.41) is 0. The van der Waals surface area contributed by atoms with Crippen LogP contribution in [0, 0.1) is 0 Å². The van der Waals surface area contributed by atoms with E-state index in [0.717, 1.165) is 6.92 Å². The molecule has 0 amide bonds. The highest BCUT2D eigenvalue weighted by atomic mass is 19.4. The van der Waals surface area contributed by atoms with Crippen LogP contribution >= 0.6 is 0 Å². The predicted octanol–water partition coefficient (Wildman–Crippen LogP) is 4.45. The van der Waals surface area contributed by atoms with E-state index < -0.39 is 47.4 Å². The Labute approximate surface area is 108 Å². The van der Waals surface area contributed by atoms with Gasteiger partial charge in [-0.2, -0.15) is 22.0 Å². The number of alkyl halides is 7. The fraction of sp³-hybridized carbons (Fsp3) is 0.364. The average Bonchev–Trinajstić information content (AvgIpc) is 2.25. The van der Waals surface area contributed by atoms with Crippen molar-refractivity contribution in [1.29, 1.82) is 0 Å². The summed E-state index contributed by atoms with van der Waals surface area (Å²) in [5.74, 6) is -2.04. The summed E-state index contributed by atoms with van der Waals surface area (Å²) >= 11 is 0. The second kappa shape index (κ2) is 5.68. The van der Waals surface area contributed by atoms with Crippen molar-refractivity contribution in [1.82, 2.24) is 0 Å². The zero-order valence-electron chi connectivity index (χ0n) is 9.77. The summed E-state index contributed by atoms with van der Waals surface area (Å²) in [6.45, 7) is -2.66. The van der Waals surface area contributed by atoms with Gasteiger partial charge in [-0.25, -0.2) is 8.78 Å². The molecule has 20 heavy (non-hydrogen) atoms. The number of halogens is 7. The third-order valence-corrected chi connectivity index (χ3v) is 2.29. The summed E-state index contributed by atoms with van der Waals surface area (Å²) in [6.07, 6.45) is -8.72. The monoisotopic (exact) mass is 304 g/mol. The molecule has 0 aliphatic heterocycles. The number of hydrogen-bond donors (Lipinski definition) is 0. The van der Waals surface area contributed by atoms with Gasteiger partial charge < -0.3 is 4.74 Å². The van der Waals surface area contributed by atoms with Crippen LogP contribution in [0.15, 0.2) is 12.1 Å². The topological polar surface area (TPSA) is 26.3 Å². The summed E-state index contributed by atoms with van der Waals surface area (Å²) in [5.41, 5.74) is -4.14. The number of ether oxygens (including phenoxy) is 1. The van der Waals surface area contributed by atoms with Gasteiger partial charge in [0.1, 0.15) is 5.75 Å². The maximum Gasteiger partial charge on any atom is 0.416 e. The molecule has 0 radical (unpaired) electrons. The van der Waals surface area contributed by atoms with E-state index in [9.17, 15) is 35.5 Å². The van der Waals surface area contributed by atoms with Gasteiger partial charge in [0.05, 0.1) is 11.1 Å². The largest absolute Gasteiger partial charge is 0.434 e. The van der Waals surface area contributed by atoms with Gasteiger partial charge >= 0.3 is 12.8 Å². The molecule has 0 saturated heterocycles. The van der Waals surface area contributed by atoms with Crippen molar-refractivity contribution >= 4 is 5.78 Å². The molecule has 0 saturated carbocycles. The Bertz CT molecular complexity index is 508. The van der Waals surface area contributed by atoms with Gasteiger partial charge in [0.15, 0.2) is 5.78 Å². The van der Waals surface area contributed by atoms with Gasteiger partial charge in [-0.05, 0) is 19.1 Å². The van der Waals surface area contributed by atoms with Crippen LogP contribution < -0.4 is 4.74 Å². The van der Waals surface area contributed by atoms with E-state index in [1.807, 2.05) is 0 Å². The minimum Gasteiger partial charge on any atom is -0.434 e. The molecule has 0 aliphatic rings. The van der Waals surface area contributed by atoms with Crippen LogP contribution in [0.5, 0.6) is 5.75 Å². The molecule has 1 rings (SSSR count). The summed E-state index contributed by atoms with van der Waals surface area (Å²) in [7, 11) is 0. The quantitative estimate of drug-likeness (QED) is 0.607. The lowest BCUT2D eigenvalue weighted by atomic mass is 10.0. The molecule has 0 heterocycles. The molecular weight excluding hydrogens is 297 g/mol. The van der Waals surface area contributed by atoms with Crippen LogP contribution in [0.25, 0.3) is 0 Å². The first-order valence-electron chi connectivity index (χ1n) is 5.03. The van der Waals surface area contributed by atoms with Gasteiger partial charge in [0, 0.05) is 5.56 Å². The van der Waals surface area contributed by atoms with E-state index in [4.69, 9.17) is 0 Å². The maximum absolute atomic E-state index is 12.6. The van der Waals surface area contributed by atoms with Crippen molar-refractivity contribution in [2.24, 2.45) is 0 Å². The first kappa shape index (κ1) is 16.3. The first-order chi connectivity index (χ1) is 9.04. The fourth-order valence-corrected chi connectivity index (χ4v) is 1.49. The number of Topliss-reactive ketones (excluding diaryl/α,β-unsaturated/α-hetero) is 1. The molecule has 1 aromatic carbocycles. The molecule has 0 aromatic heterocycles. The molecule has 0 spiro atoms. The van der Waals surface area contributed by atoms with Gasteiger partial charge in [-0.3, -0.25) is 4.79 Å². The Morgan fingerprint density at radius 2 is 1.70 bits per heavy atom. The van der Waals surface area contributed by atoms with E-state index in [-0.39, 0.29) is 12.1 Å². The van der Waals surface area contributed by atoms with Crippen LogP contribution in [0.3, 0.4) is 0 Å². The molecule has 0 unspecified atom stereocenters. The van der Waals surface area contributed by atoms with Crippen LogP contribution in [0.2, 0.25) is 0 Å². The third-order valence-electron chi connectivity index (χ3n) is 2.29. The number of rotatable bonds is 4. The third kappa shape index (κ3) is 3.61. The normalized spacial score (nSPS) is 12.1. The van der Waals surface area contributed by atoms with E-state index in [2.05, 4.69) is 4.74 Å². The number of ketones is 1. The Balaban J connectivity index is 3.55. The summed E-state index contributed by atoms with van der Waals surface area (Å²) in [4.78, 5) is 11.1. The van der Waals surface area contributed by atoms with Crippen molar-refractivity contribution in [3.63, 3.8) is 0 Å². The Kier molecular flexibility index (Phi) is 4.61. The number of carbonyl (C=O) groups is 1. The molecule has 0 N–H and O–H groups in total. The Morgan fingerprint density at radius 1 is 1.15 bits per heavy atom. The van der Waals surface area contributed by atoms with E-state index in [0.29, 0.717) is 0 Å². The van der Waals surface area contributed by atoms with Crippen molar-refractivity contribution in [2.75, 3.05) is 0 Å². The number of hydrogen-bond acceptors (Lipinski definition) is 2. The van der Waals surface area contributed by atoms with Crippen LogP contribution in [-0.2, 0) is 6.18 Å². The first-order valence-corrected chi connectivity index (χ1v) is 5.03. The maximum atomic E-state index is 12.6. The predicted molar refractivity (Wildman–Crippen MR) is 53.0 cm³/mol. The second-order valence-electron chi connectivity index (χ2n) is 3.67. The zero-order valence-corrected chi connectivity index (χ0v) is 9.77. The molecule has 0 aliphatic carbocycles. The highest BCUT2D eigenvalue weighted by Crippen LogP contribution is 2.40. The minimum atomic E-state index is -5.15. The molecule has 2 nitrogen and oxygen atoms in total. The van der Waals surface area contributed by atoms with Gasteiger partial charge in [0.25, 0.3) is 6.43 Å². The molecule has 0 atom stereocenters. The molecular formula is C11H7F7O2. The zero-order chi connectivity index (χ0) is 15.7. The van der Waals surface area contributed by atoms with Crippen LogP contribution in [0.4, 0.5) is 30.7 Å². The van der Waals surface area contributed by atoms with E-state index in [1.165, 1.54) is 0 Å².